The predicted octanol–water partition coefficient (Wildman–Crippen LogP) is 3.52. The van der Waals surface area contributed by atoms with E-state index in [0.29, 0.717) is 5.82 Å². The molecule has 0 aliphatic heterocycles. The summed E-state index contributed by atoms with van der Waals surface area (Å²) in [4.78, 5) is 4.41. The van der Waals surface area contributed by atoms with Crippen molar-refractivity contribution in [3.05, 3.63) is 52.1 Å². The topological polar surface area (TPSA) is 59.1 Å². The summed E-state index contributed by atoms with van der Waals surface area (Å²) < 4.78 is 27.8. The highest BCUT2D eigenvalue weighted by Gasteiger charge is 2.14. The van der Waals surface area contributed by atoms with Crippen LogP contribution in [0.4, 0.5) is 5.82 Å². The molecular weight excluding hydrogens is 340 g/mol. The molecule has 4 nitrogen and oxygen atoms in total. The number of anilines is 1. The van der Waals surface area contributed by atoms with Gasteiger partial charge in [-0.15, -0.1) is 0 Å². The number of benzene rings is 1. The van der Waals surface area contributed by atoms with Gasteiger partial charge in [0.1, 0.15) is 5.82 Å². The van der Waals surface area contributed by atoms with Crippen molar-refractivity contribution >= 4 is 31.8 Å². The van der Waals surface area contributed by atoms with Gasteiger partial charge in [-0.05, 0) is 59.1 Å². The quantitative estimate of drug-likeness (QED) is 0.913. The van der Waals surface area contributed by atoms with Crippen LogP contribution in [0.3, 0.4) is 0 Å². The third kappa shape index (κ3) is 3.37. The molecule has 0 aliphatic rings. The average molecular weight is 355 g/mol. The van der Waals surface area contributed by atoms with E-state index in [9.17, 15) is 8.42 Å². The summed E-state index contributed by atoms with van der Waals surface area (Å²) in [5.74, 6) is 0.310. The van der Waals surface area contributed by atoms with E-state index in [1.54, 1.807) is 31.2 Å². The van der Waals surface area contributed by atoms with Crippen LogP contribution < -0.4 is 4.72 Å². The molecule has 20 heavy (non-hydrogen) atoms. The fourth-order valence-electron chi connectivity index (χ4n) is 1.70. The number of hydrogen-bond donors (Lipinski definition) is 1. The molecule has 0 unspecified atom stereocenters. The lowest BCUT2D eigenvalue weighted by Gasteiger charge is -2.09. The second-order valence-corrected chi connectivity index (χ2v) is 6.90. The van der Waals surface area contributed by atoms with Gasteiger partial charge in [-0.25, -0.2) is 13.4 Å². The molecule has 0 radical (unpaired) electrons. The van der Waals surface area contributed by atoms with E-state index in [1.165, 1.54) is 0 Å². The van der Waals surface area contributed by atoms with Gasteiger partial charge in [0.2, 0.25) is 0 Å². The van der Waals surface area contributed by atoms with Crippen molar-refractivity contribution < 1.29 is 8.42 Å². The summed E-state index contributed by atoms with van der Waals surface area (Å²) in [5, 5.41) is 0. The van der Waals surface area contributed by atoms with Crippen molar-refractivity contribution in [1.82, 2.24) is 4.98 Å². The zero-order chi connectivity index (χ0) is 14.8. The molecule has 0 fully saturated rings. The van der Waals surface area contributed by atoms with Crippen molar-refractivity contribution in [3.63, 3.8) is 0 Å². The first-order valence-corrected chi connectivity index (χ1v) is 8.45. The normalized spacial score (nSPS) is 11.3. The number of halogens is 1. The van der Waals surface area contributed by atoms with Gasteiger partial charge in [0.15, 0.2) is 0 Å². The van der Waals surface area contributed by atoms with Gasteiger partial charge in [0, 0.05) is 4.47 Å². The molecule has 0 saturated heterocycles. The van der Waals surface area contributed by atoms with Crippen LogP contribution in [0.2, 0.25) is 0 Å². The molecule has 0 saturated carbocycles. The Morgan fingerprint density at radius 3 is 2.35 bits per heavy atom. The van der Waals surface area contributed by atoms with Gasteiger partial charge < -0.3 is 0 Å². The van der Waals surface area contributed by atoms with E-state index < -0.39 is 10.0 Å². The van der Waals surface area contributed by atoms with Crippen LogP contribution in [0.15, 0.2) is 45.8 Å². The van der Waals surface area contributed by atoms with Crippen molar-refractivity contribution in [3.8, 4) is 0 Å². The van der Waals surface area contributed by atoms with Gasteiger partial charge in [-0.2, -0.15) is 0 Å². The van der Waals surface area contributed by atoms with Crippen LogP contribution in [0.25, 0.3) is 0 Å². The third-order valence-electron chi connectivity index (χ3n) is 2.90. The minimum Gasteiger partial charge on any atom is -0.263 e. The van der Waals surface area contributed by atoms with Crippen molar-refractivity contribution in [1.29, 1.82) is 0 Å². The molecule has 1 heterocycles. The van der Waals surface area contributed by atoms with Crippen molar-refractivity contribution in [2.45, 2.75) is 25.2 Å². The largest absolute Gasteiger partial charge is 0.263 e. The molecule has 0 bridgehead atoms. The van der Waals surface area contributed by atoms with Gasteiger partial charge in [0.25, 0.3) is 10.0 Å². The Kier molecular flexibility index (Phi) is 4.45. The fourth-order valence-corrected chi connectivity index (χ4v) is 2.92. The van der Waals surface area contributed by atoms with Gasteiger partial charge in [0.05, 0.1) is 10.6 Å². The molecule has 1 aromatic carbocycles. The molecule has 0 atom stereocenters. The number of pyridine rings is 1. The Labute approximate surface area is 127 Å². The predicted molar refractivity (Wildman–Crippen MR) is 83.3 cm³/mol. The maximum Gasteiger partial charge on any atom is 0.263 e. The number of aromatic nitrogens is 1. The number of aryl methyl sites for hydroxylation is 2. The average Bonchev–Trinajstić information content (AvgIpc) is 2.43. The lowest BCUT2D eigenvalue weighted by molar-refractivity contribution is 0.601. The zero-order valence-electron chi connectivity index (χ0n) is 11.2. The summed E-state index contributed by atoms with van der Waals surface area (Å²) in [6.07, 6.45) is 0.876. The zero-order valence-corrected chi connectivity index (χ0v) is 13.6. The van der Waals surface area contributed by atoms with E-state index >= 15 is 0 Å². The number of hydrogen-bond acceptors (Lipinski definition) is 3. The number of nitrogens with one attached hydrogen (secondary N) is 1. The Morgan fingerprint density at radius 1 is 1.15 bits per heavy atom. The Balaban J connectivity index is 2.27. The molecule has 1 N–H and O–H groups in total. The van der Waals surface area contributed by atoms with Crippen LogP contribution in [0.5, 0.6) is 0 Å². The van der Waals surface area contributed by atoms with Gasteiger partial charge >= 0.3 is 0 Å². The molecule has 6 heteroatoms. The van der Waals surface area contributed by atoms with Crippen molar-refractivity contribution in [2.75, 3.05) is 4.72 Å². The molecule has 0 spiro atoms. The number of rotatable bonds is 4. The van der Waals surface area contributed by atoms with E-state index in [2.05, 4.69) is 25.6 Å². The smallest absolute Gasteiger partial charge is 0.263 e. The summed E-state index contributed by atoms with van der Waals surface area (Å²) in [6.45, 7) is 3.83. The first-order chi connectivity index (χ1) is 9.42. The van der Waals surface area contributed by atoms with Gasteiger partial charge in [-0.1, -0.05) is 19.1 Å². The second kappa shape index (κ2) is 5.93. The Hall–Kier alpha value is -1.40. The highest BCUT2D eigenvalue weighted by molar-refractivity contribution is 9.10. The Bertz CT molecular complexity index is 712. The van der Waals surface area contributed by atoms with E-state index in [-0.39, 0.29) is 4.90 Å². The van der Waals surface area contributed by atoms with Crippen LogP contribution >= 0.6 is 15.9 Å². The van der Waals surface area contributed by atoms with Crippen LogP contribution in [0, 0.1) is 6.92 Å². The van der Waals surface area contributed by atoms with E-state index in [4.69, 9.17) is 0 Å². The van der Waals surface area contributed by atoms with Crippen LogP contribution in [-0.4, -0.2) is 13.4 Å². The first kappa shape index (κ1) is 15.0. The highest BCUT2D eigenvalue weighted by atomic mass is 79.9. The second-order valence-electron chi connectivity index (χ2n) is 4.37. The standard InChI is InChI=1S/C14H15BrN2O2S/c1-3-11-4-6-12(7-5-11)20(18,19)17-14-9-8-13(15)10(2)16-14/h4-9H,3H2,1-2H3,(H,16,17). The van der Waals surface area contributed by atoms with E-state index in [0.717, 1.165) is 22.2 Å². The first-order valence-electron chi connectivity index (χ1n) is 6.17. The molecule has 106 valence electrons. The number of nitrogens with zero attached hydrogens (tertiary/aromatic N) is 1. The molecular formula is C14H15BrN2O2S. The fraction of sp³-hybridized carbons (Fsp3) is 0.214. The molecule has 2 aromatic rings. The SMILES string of the molecule is CCc1ccc(S(=O)(=O)Nc2ccc(Br)c(C)n2)cc1. The van der Waals surface area contributed by atoms with E-state index in [1.807, 2.05) is 19.1 Å². The Morgan fingerprint density at radius 2 is 1.80 bits per heavy atom. The summed E-state index contributed by atoms with van der Waals surface area (Å²) in [7, 11) is -3.60. The third-order valence-corrected chi connectivity index (χ3v) is 5.11. The van der Waals surface area contributed by atoms with Gasteiger partial charge in [-0.3, -0.25) is 4.72 Å². The summed E-state index contributed by atoms with van der Waals surface area (Å²) >= 11 is 3.33. The molecule has 1 aromatic heterocycles. The lowest BCUT2D eigenvalue weighted by Crippen LogP contribution is -2.14. The molecule has 0 amide bonds. The maximum absolute atomic E-state index is 12.2. The summed E-state index contributed by atoms with van der Waals surface area (Å²) in [6, 6.07) is 10.2. The minimum absolute atomic E-state index is 0.233. The van der Waals surface area contributed by atoms with Crippen molar-refractivity contribution in [2.24, 2.45) is 0 Å². The minimum atomic E-state index is -3.60. The molecule has 0 aliphatic carbocycles. The summed E-state index contributed by atoms with van der Waals surface area (Å²) in [5.41, 5.74) is 1.83. The highest BCUT2D eigenvalue weighted by Crippen LogP contribution is 2.19. The maximum atomic E-state index is 12.2. The molecule has 2 rings (SSSR count). The number of sulfonamides is 1. The lowest BCUT2D eigenvalue weighted by atomic mass is 10.2. The monoisotopic (exact) mass is 354 g/mol. The van der Waals surface area contributed by atoms with Crippen LogP contribution in [0.1, 0.15) is 18.2 Å². The van der Waals surface area contributed by atoms with Crippen LogP contribution in [-0.2, 0) is 16.4 Å².